The second-order valence-corrected chi connectivity index (χ2v) is 11.7. The highest BCUT2D eigenvalue weighted by Gasteiger charge is 2.13. The van der Waals surface area contributed by atoms with E-state index in [-0.39, 0.29) is 0 Å². The van der Waals surface area contributed by atoms with Crippen LogP contribution in [0.4, 0.5) is 0 Å². The van der Waals surface area contributed by atoms with Gasteiger partial charge in [0, 0.05) is 61.5 Å². The van der Waals surface area contributed by atoms with E-state index in [0.29, 0.717) is 24.8 Å². The third-order valence-corrected chi connectivity index (χ3v) is 8.59. The smallest absolute Gasteiger partial charge is 0.138 e. The van der Waals surface area contributed by atoms with Crippen LogP contribution >= 0.6 is 0 Å². The van der Waals surface area contributed by atoms with Gasteiger partial charge < -0.3 is 30.9 Å². The summed E-state index contributed by atoms with van der Waals surface area (Å²) >= 11 is 0. The Morgan fingerprint density at radius 3 is 1.46 bits per heavy atom. The van der Waals surface area contributed by atoms with Crippen molar-refractivity contribution in [2.24, 2.45) is 21.5 Å². The number of hydrogen-bond acceptors (Lipinski definition) is 8. The summed E-state index contributed by atoms with van der Waals surface area (Å²) in [5.41, 5.74) is 20.0. The van der Waals surface area contributed by atoms with Gasteiger partial charge in [0.15, 0.2) is 0 Å². The zero-order valence-corrected chi connectivity index (χ0v) is 25.9. The molecule has 0 amide bonds. The lowest BCUT2D eigenvalue weighted by atomic mass is 10.1. The van der Waals surface area contributed by atoms with Gasteiger partial charge in [0.1, 0.15) is 23.3 Å². The van der Waals surface area contributed by atoms with Gasteiger partial charge in [-0.1, -0.05) is 24.3 Å². The summed E-state index contributed by atoms with van der Waals surface area (Å²) in [4.78, 5) is 30.4. The van der Waals surface area contributed by atoms with Gasteiger partial charge in [-0.05, 0) is 36.4 Å². The summed E-state index contributed by atoms with van der Waals surface area (Å²) in [5, 5.41) is 0. The highest BCUT2D eigenvalue weighted by Crippen LogP contribution is 2.26. The summed E-state index contributed by atoms with van der Waals surface area (Å²) in [6.07, 6.45) is 0. The second kappa shape index (κ2) is 13.8. The van der Waals surface area contributed by atoms with E-state index >= 15 is 0 Å². The molecular formula is C34H40N10O2. The molecule has 12 nitrogen and oxygen atoms in total. The monoisotopic (exact) mass is 620 g/mol. The van der Waals surface area contributed by atoms with Gasteiger partial charge in [-0.15, -0.1) is 0 Å². The number of morpholine rings is 2. The molecule has 0 saturated carbocycles. The number of nitrogens with zero attached hydrogens (tertiary/aromatic N) is 6. The predicted octanol–water partition coefficient (Wildman–Crippen LogP) is 2.85. The van der Waals surface area contributed by atoms with Crippen molar-refractivity contribution >= 4 is 33.7 Å². The molecule has 238 valence electrons. The van der Waals surface area contributed by atoms with Gasteiger partial charge in [0.2, 0.25) is 0 Å². The molecule has 4 heterocycles. The minimum Gasteiger partial charge on any atom is -0.384 e. The second-order valence-electron chi connectivity index (χ2n) is 11.7. The van der Waals surface area contributed by atoms with Crippen LogP contribution in [0.5, 0.6) is 0 Å². The lowest BCUT2D eigenvalue weighted by Gasteiger charge is -2.25. The van der Waals surface area contributed by atoms with Crippen molar-refractivity contribution in [2.75, 3.05) is 78.8 Å². The highest BCUT2D eigenvalue weighted by atomic mass is 16.5. The number of amidine groups is 2. The number of ether oxygens (including phenoxy) is 2. The maximum atomic E-state index is 6.33. The molecule has 0 bridgehead atoms. The molecule has 2 fully saturated rings. The van der Waals surface area contributed by atoms with Crippen LogP contribution in [0.25, 0.3) is 44.8 Å². The van der Waals surface area contributed by atoms with Crippen molar-refractivity contribution in [3.63, 3.8) is 0 Å². The number of benzene rings is 3. The fourth-order valence-electron chi connectivity index (χ4n) is 5.85. The van der Waals surface area contributed by atoms with Crippen molar-refractivity contribution in [2.45, 2.75) is 0 Å². The molecule has 2 aromatic heterocycles. The molecule has 7 rings (SSSR count). The quantitative estimate of drug-likeness (QED) is 0.137. The molecule has 0 atom stereocenters. The third-order valence-electron chi connectivity index (χ3n) is 8.59. The number of nitrogens with one attached hydrogen (secondary N) is 2. The molecule has 0 spiro atoms. The number of aromatic nitrogens is 4. The van der Waals surface area contributed by atoms with E-state index in [1.165, 1.54) is 0 Å². The first-order chi connectivity index (χ1) is 22.6. The molecular weight excluding hydrogens is 580 g/mol. The molecule has 5 aromatic rings. The molecule has 12 heteroatoms. The molecule has 2 aliphatic heterocycles. The van der Waals surface area contributed by atoms with E-state index in [2.05, 4.69) is 29.8 Å². The Morgan fingerprint density at radius 1 is 0.630 bits per heavy atom. The number of fused-ring (bicyclic) bond motifs is 2. The van der Waals surface area contributed by atoms with Crippen LogP contribution in [0.3, 0.4) is 0 Å². The van der Waals surface area contributed by atoms with Crippen molar-refractivity contribution in [3.8, 4) is 22.8 Å². The fourth-order valence-corrected chi connectivity index (χ4v) is 5.85. The molecule has 6 N–H and O–H groups in total. The number of aromatic amines is 2. The van der Waals surface area contributed by atoms with Crippen LogP contribution in [0.2, 0.25) is 0 Å². The zero-order chi connectivity index (χ0) is 31.3. The largest absolute Gasteiger partial charge is 0.384 e. The maximum absolute atomic E-state index is 6.33. The summed E-state index contributed by atoms with van der Waals surface area (Å²) in [6.45, 7) is 9.99. The molecule has 0 unspecified atom stereocenters. The lowest BCUT2D eigenvalue weighted by molar-refractivity contribution is 0.0394. The van der Waals surface area contributed by atoms with E-state index in [9.17, 15) is 0 Å². The zero-order valence-electron chi connectivity index (χ0n) is 25.9. The summed E-state index contributed by atoms with van der Waals surface area (Å²) in [7, 11) is 0. The van der Waals surface area contributed by atoms with Crippen LogP contribution in [0.15, 0.2) is 70.6 Å². The van der Waals surface area contributed by atoms with Gasteiger partial charge in [0.25, 0.3) is 0 Å². The Morgan fingerprint density at radius 2 is 1.04 bits per heavy atom. The Labute approximate surface area is 267 Å². The van der Waals surface area contributed by atoms with Crippen LogP contribution in [-0.2, 0) is 9.47 Å². The Bertz CT molecular complexity index is 1710. The van der Waals surface area contributed by atoms with Crippen molar-refractivity contribution < 1.29 is 9.47 Å². The first-order valence-electron chi connectivity index (χ1n) is 15.9. The minimum absolute atomic E-state index is 0.535. The molecule has 2 saturated heterocycles. The predicted molar refractivity (Wildman–Crippen MR) is 182 cm³/mol. The third kappa shape index (κ3) is 6.95. The Balaban J connectivity index is 1.01. The average Bonchev–Trinajstić information content (AvgIpc) is 3.73. The van der Waals surface area contributed by atoms with E-state index < -0.39 is 0 Å². The minimum atomic E-state index is 0.535. The summed E-state index contributed by atoms with van der Waals surface area (Å²) in [5.74, 6) is 2.65. The number of imidazole rings is 2. The van der Waals surface area contributed by atoms with Gasteiger partial charge in [-0.25, -0.2) is 9.97 Å². The molecule has 46 heavy (non-hydrogen) atoms. The number of aliphatic imine (C=N–C) groups is 2. The SMILES string of the molecule is NC(=NCCN1CCOCC1)c1ccc2nc(-c3ccc(-c4nc5ccc(C(N)=NCCN6CCOCC6)cc5[nH]4)cc3)[nH]c2c1. The Hall–Kier alpha value is -4.62. The van der Waals surface area contributed by atoms with Crippen LogP contribution in [-0.4, -0.2) is 120 Å². The van der Waals surface area contributed by atoms with E-state index in [1.807, 2.05) is 60.7 Å². The first kappa shape index (κ1) is 30.1. The standard InChI is InChI=1S/C34H40N10O2/c35-31(37-9-11-43-13-17-45-18-14-43)25-5-7-27-29(21-25)41-33(39-27)23-1-2-24(4-3-23)34-40-28-8-6-26(22-30(28)42-34)32(36)38-10-12-44-15-19-46-20-16-44/h1-8,21-22H,9-20H2,(H2,35,37)(H2,36,38)(H,39,41)(H,40,42). The molecule has 0 aliphatic carbocycles. The molecule has 3 aromatic carbocycles. The van der Waals surface area contributed by atoms with E-state index in [4.69, 9.17) is 30.9 Å². The van der Waals surface area contributed by atoms with E-state index in [0.717, 1.165) is 122 Å². The van der Waals surface area contributed by atoms with Gasteiger partial charge in [-0.2, -0.15) is 0 Å². The van der Waals surface area contributed by atoms with Gasteiger partial charge in [0.05, 0.1) is 61.6 Å². The van der Waals surface area contributed by atoms with Crippen LogP contribution in [0.1, 0.15) is 11.1 Å². The number of H-pyrrole nitrogens is 2. The van der Waals surface area contributed by atoms with Crippen LogP contribution in [0, 0.1) is 0 Å². The summed E-state index contributed by atoms with van der Waals surface area (Å²) < 4.78 is 10.8. The van der Waals surface area contributed by atoms with Crippen molar-refractivity contribution in [3.05, 3.63) is 71.8 Å². The topological polar surface area (TPSA) is 159 Å². The van der Waals surface area contributed by atoms with E-state index in [1.54, 1.807) is 0 Å². The van der Waals surface area contributed by atoms with Gasteiger partial charge in [-0.3, -0.25) is 19.8 Å². The normalized spacial score (nSPS) is 17.3. The highest BCUT2D eigenvalue weighted by molar-refractivity contribution is 6.01. The van der Waals surface area contributed by atoms with Crippen LogP contribution < -0.4 is 11.5 Å². The number of nitrogens with two attached hydrogens (primary N) is 2. The lowest BCUT2D eigenvalue weighted by Crippen LogP contribution is -2.38. The maximum Gasteiger partial charge on any atom is 0.138 e. The number of rotatable bonds is 10. The molecule has 2 aliphatic rings. The number of hydrogen-bond donors (Lipinski definition) is 4. The summed E-state index contributed by atoms with van der Waals surface area (Å²) in [6, 6.07) is 20.1. The fraction of sp³-hybridized carbons (Fsp3) is 0.353. The molecule has 0 radical (unpaired) electrons. The average molecular weight is 621 g/mol. The van der Waals surface area contributed by atoms with Gasteiger partial charge >= 0.3 is 0 Å². The van der Waals surface area contributed by atoms with Crippen molar-refractivity contribution in [1.29, 1.82) is 0 Å². The van der Waals surface area contributed by atoms with Crippen molar-refractivity contribution in [1.82, 2.24) is 29.7 Å². The first-order valence-corrected chi connectivity index (χ1v) is 15.9. The Kier molecular flexibility index (Phi) is 9.01.